The molecule has 2 aliphatic rings. The van der Waals surface area contributed by atoms with Gasteiger partial charge in [0.1, 0.15) is 11.6 Å². The number of hydrogen-bond acceptors (Lipinski definition) is 3. The predicted octanol–water partition coefficient (Wildman–Crippen LogP) is 4.02. The topological polar surface area (TPSA) is 64.3 Å². The molecule has 0 bridgehead atoms. The van der Waals surface area contributed by atoms with E-state index >= 15 is 0 Å². The number of piperidine rings is 1. The molecule has 3 N–H and O–H groups in total. The van der Waals surface area contributed by atoms with E-state index in [1.807, 2.05) is 13.0 Å². The second kappa shape index (κ2) is 9.88. The summed E-state index contributed by atoms with van der Waals surface area (Å²) in [5.41, 5.74) is 5.46. The Hall–Kier alpha value is -1.88. The van der Waals surface area contributed by atoms with Crippen molar-refractivity contribution in [2.24, 2.45) is 29.4 Å². The Kier molecular flexibility index (Phi) is 7.84. The lowest BCUT2D eigenvalue weighted by Gasteiger charge is -2.37. The minimum absolute atomic E-state index is 0.00304. The number of carbonyl (C=O) groups is 1. The van der Waals surface area contributed by atoms with Gasteiger partial charge in [0.15, 0.2) is 0 Å². The van der Waals surface area contributed by atoms with Gasteiger partial charge in [-0.3, -0.25) is 4.79 Å². The maximum atomic E-state index is 14.1. The van der Waals surface area contributed by atoms with Gasteiger partial charge in [-0.05, 0) is 56.1 Å². The van der Waals surface area contributed by atoms with Crippen LogP contribution in [0.2, 0.25) is 0 Å². The van der Waals surface area contributed by atoms with Gasteiger partial charge < -0.3 is 15.8 Å². The zero-order valence-electron chi connectivity index (χ0n) is 16.7. The van der Waals surface area contributed by atoms with Crippen LogP contribution in [0.3, 0.4) is 0 Å². The summed E-state index contributed by atoms with van der Waals surface area (Å²) in [6, 6.07) is -0.00904. The second-order valence-electron chi connectivity index (χ2n) is 7.71. The minimum Gasteiger partial charge on any atom is -0.493 e. The molecule has 1 aliphatic carbocycles. The van der Waals surface area contributed by atoms with Crippen molar-refractivity contribution in [2.45, 2.75) is 52.1 Å². The third-order valence-electron chi connectivity index (χ3n) is 5.81. The monoisotopic (exact) mass is 376 g/mol. The van der Waals surface area contributed by atoms with Gasteiger partial charge in [0, 0.05) is 6.04 Å². The van der Waals surface area contributed by atoms with E-state index in [1.54, 1.807) is 13.0 Å². The molecule has 0 aromatic heterocycles. The van der Waals surface area contributed by atoms with Crippen LogP contribution in [0.5, 0.6) is 0 Å². The maximum absolute atomic E-state index is 14.1. The molecule has 1 heterocycles. The fourth-order valence-corrected chi connectivity index (χ4v) is 3.95. The Morgan fingerprint density at radius 3 is 2.85 bits per heavy atom. The maximum Gasteiger partial charge on any atom is 0.234 e. The lowest BCUT2D eigenvalue weighted by Crippen LogP contribution is -2.52. The Labute approximate surface area is 162 Å². The van der Waals surface area contributed by atoms with E-state index in [4.69, 9.17) is 10.5 Å². The number of hydrogen-bond donors (Lipinski definition) is 2. The van der Waals surface area contributed by atoms with Crippen molar-refractivity contribution in [1.29, 1.82) is 0 Å². The number of ether oxygens (including phenoxy) is 1. The first-order valence-electron chi connectivity index (χ1n) is 9.89. The molecule has 6 unspecified atom stereocenters. The van der Waals surface area contributed by atoms with Gasteiger partial charge in [-0.15, -0.1) is 6.58 Å². The zero-order valence-corrected chi connectivity index (χ0v) is 16.7. The highest BCUT2D eigenvalue weighted by atomic mass is 19.1. The minimum atomic E-state index is -0.328. The van der Waals surface area contributed by atoms with Crippen LogP contribution in [-0.4, -0.2) is 24.6 Å². The summed E-state index contributed by atoms with van der Waals surface area (Å²) in [6.45, 7) is 9.83. The number of allylic oxidation sites excluding steroid dienone is 4. The lowest BCUT2D eigenvalue weighted by atomic mass is 9.79. The van der Waals surface area contributed by atoms with Crippen molar-refractivity contribution in [3.8, 4) is 0 Å². The molecule has 4 nitrogen and oxygen atoms in total. The van der Waals surface area contributed by atoms with Gasteiger partial charge in [0.2, 0.25) is 5.91 Å². The van der Waals surface area contributed by atoms with Crippen LogP contribution in [0, 0.1) is 23.7 Å². The number of carbonyl (C=O) groups excluding carboxylic acids is 1. The van der Waals surface area contributed by atoms with E-state index in [1.165, 1.54) is 6.08 Å². The molecule has 0 radical (unpaired) electrons. The number of nitrogens with one attached hydrogen (secondary N) is 1. The molecule has 6 atom stereocenters. The van der Waals surface area contributed by atoms with Crippen molar-refractivity contribution < 1.29 is 13.9 Å². The summed E-state index contributed by atoms with van der Waals surface area (Å²) in [4.78, 5) is 11.5. The standard InChI is InChI=1S/C22H33FN2O2/c1-5-14(3)18(19(23)6-2)13-27-16-10-11-17(15(4)12-16)20-8-7-9-21(25-20)22(24)26/h5-6,10-12,14-15,17-18,20-21,25H,1,7-9,13H2,2-4H3,(H2,24,26). The fourth-order valence-electron chi connectivity index (χ4n) is 3.95. The van der Waals surface area contributed by atoms with E-state index in [0.717, 1.165) is 25.0 Å². The summed E-state index contributed by atoms with van der Waals surface area (Å²) >= 11 is 0. The van der Waals surface area contributed by atoms with Gasteiger partial charge in [0.05, 0.1) is 18.6 Å². The molecule has 1 fully saturated rings. The predicted molar refractivity (Wildman–Crippen MR) is 107 cm³/mol. The smallest absolute Gasteiger partial charge is 0.234 e. The highest BCUT2D eigenvalue weighted by molar-refractivity contribution is 5.79. The van der Waals surface area contributed by atoms with E-state index in [9.17, 15) is 9.18 Å². The van der Waals surface area contributed by atoms with Crippen LogP contribution in [0.4, 0.5) is 4.39 Å². The third-order valence-corrected chi connectivity index (χ3v) is 5.81. The average molecular weight is 377 g/mol. The fraction of sp³-hybridized carbons (Fsp3) is 0.591. The lowest BCUT2D eigenvalue weighted by molar-refractivity contribution is -0.121. The van der Waals surface area contributed by atoms with Gasteiger partial charge in [-0.25, -0.2) is 4.39 Å². The quantitative estimate of drug-likeness (QED) is 0.629. The summed E-state index contributed by atoms with van der Waals surface area (Å²) < 4.78 is 20.0. The normalized spacial score (nSPS) is 31.0. The molecular formula is C22H33FN2O2. The molecule has 5 heteroatoms. The molecular weight excluding hydrogens is 343 g/mol. The molecule has 27 heavy (non-hydrogen) atoms. The molecule has 2 rings (SSSR count). The first kappa shape index (κ1) is 21.4. The van der Waals surface area contributed by atoms with Gasteiger partial charge in [-0.2, -0.15) is 0 Å². The number of amides is 1. The van der Waals surface area contributed by atoms with E-state index in [2.05, 4.69) is 31.0 Å². The molecule has 1 amide bonds. The molecule has 1 saturated heterocycles. The Balaban J connectivity index is 1.97. The third kappa shape index (κ3) is 5.55. The zero-order chi connectivity index (χ0) is 20.0. The van der Waals surface area contributed by atoms with Crippen LogP contribution >= 0.6 is 0 Å². The molecule has 0 saturated carbocycles. The number of halogens is 1. The summed E-state index contributed by atoms with van der Waals surface area (Å²) in [6.07, 6.45) is 12.3. The molecule has 0 spiro atoms. The first-order valence-corrected chi connectivity index (χ1v) is 9.89. The van der Waals surface area contributed by atoms with Crippen LogP contribution < -0.4 is 11.1 Å². The Morgan fingerprint density at radius 2 is 2.26 bits per heavy atom. The highest BCUT2D eigenvalue weighted by Gasteiger charge is 2.32. The Morgan fingerprint density at radius 1 is 1.52 bits per heavy atom. The van der Waals surface area contributed by atoms with E-state index < -0.39 is 0 Å². The summed E-state index contributed by atoms with van der Waals surface area (Å²) in [5, 5.41) is 3.40. The summed E-state index contributed by atoms with van der Waals surface area (Å²) in [5.74, 6) is 0.539. The number of primary amides is 1. The van der Waals surface area contributed by atoms with Gasteiger partial charge >= 0.3 is 0 Å². The van der Waals surface area contributed by atoms with Crippen LogP contribution in [0.15, 0.2) is 48.5 Å². The van der Waals surface area contributed by atoms with Crippen molar-refractivity contribution in [3.63, 3.8) is 0 Å². The molecule has 0 aromatic rings. The number of rotatable bonds is 8. The van der Waals surface area contributed by atoms with Gasteiger partial charge in [0.25, 0.3) is 0 Å². The van der Waals surface area contributed by atoms with Crippen molar-refractivity contribution in [1.82, 2.24) is 5.32 Å². The van der Waals surface area contributed by atoms with Crippen LogP contribution in [-0.2, 0) is 9.53 Å². The van der Waals surface area contributed by atoms with Crippen LogP contribution in [0.25, 0.3) is 0 Å². The number of nitrogens with two attached hydrogens (primary N) is 1. The molecule has 150 valence electrons. The van der Waals surface area contributed by atoms with Crippen molar-refractivity contribution in [2.75, 3.05) is 6.61 Å². The van der Waals surface area contributed by atoms with Crippen molar-refractivity contribution >= 4 is 5.91 Å². The highest BCUT2D eigenvalue weighted by Crippen LogP contribution is 2.31. The largest absolute Gasteiger partial charge is 0.493 e. The molecule has 0 aromatic carbocycles. The summed E-state index contributed by atoms with van der Waals surface area (Å²) in [7, 11) is 0. The van der Waals surface area contributed by atoms with E-state index in [-0.39, 0.29) is 54.1 Å². The molecule has 1 aliphatic heterocycles. The van der Waals surface area contributed by atoms with Crippen molar-refractivity contribution in [3.05, 3.63) is 48.5 Å². The average Bonchev–Trinajstić information content (AvgIpc) is 2.67. The first-order chi connectivity index (χ1) is 12.9. The van der Waals surface area contributed by atoms with E-state index in [0.29, 0.717) is 0 Å². The Bertz CT molecular complexity index is 626. The second-order valence-corrected chi connectivity index (χ2v) is 7.71. The SMILES string of the molecule is C=CC(C)C(COC1=CC(C)C(C2CCCC(C(N)=O)N2)C=C1)C(F)=CC. The van der Waals surface area contributed by atoms with Crippen LogP contribution in [0.1, 0.15) is 40.0 Å². The van der Waals surface area contributed by atoms with Gasteiger partial charge in [-0.1, -0.05) is 32.1 Å².